The van der Waals surface area contributed by atoms with E-state index in [0.29, 0.717) is 6.54 Å². The number of aliphatic hydroxyl groups excluding tert-OH is 1. The molecular formula is C14H22N2O2. The van der Waals surface area contributed by atoms with Crippen LogP contribution in [-0.4, -0.2) is 36.5 Å². The normalized spacial score (nSPS) is 23.1. The van der Waals surface area contributed by atoms with Crippen molar-refractivity contribution in [1.82, 2.24) is 0 Å². The molecule has 1 aromatic rings. The van der Waals surface area contributed by atoms with E-state index in [1.165, 1.54) is 5.56 Å². The number of hydrogen-bond acceptors (Lipinski definition) is 4. The van der Waals surface area contributed by atoms with Crippen molar-refractivity contribution < 1.29 is 9.84 Å². The van der Waals surface area contributed by atoms with Gasteiger partial charge in [-0.1, -0.05) is 6.07 Å². The van der Waals surface area contributed by atoms with Crippen LogP contribution in [0.3, 0.4) is 0 Å². The Bertz CT molecular complexity index is 432. The highest BCUT2D eigenvalue weighted by atomic mass is 16.5. The molecule has 2 rings (SSSR count). The van der Waals surface area contributed by atoms with Gasteiger partial charge in [-0.25, -0.2) is 0 Å². The van der Waals surface area contributed by atoms with Crippen LogP contribution in [0.25, 0.3) is 0 Å². The molecule has 4 heteroatoms. The fourth-order valence-electron chi connectivity index (χ4n) is 2.50. The Kier molecular flexibility index (Phi) is 3.50. The first-order chi connectivity index (χ1) is 8.41. The Morgan fingerprint density at radius 3 is 2.89 bits per heavy atom. The van der Waals surface area contributed by atoms with Gasteiger partial charge in [0.2, 0.25) is 0 Å². The smallest absolute Gasteiger partial charge is 0.0988 e. The van der Waals surface area contributed by atoms with Gasteiger partial charge in [0.15, 0.2) is 0 Å². The summed E-state index contributed by atoms with van der Waals surface area (Å²) >= 11 is 0. The maximum Gasteiger partial charge on any atom is 0.0988 e. The fourth-order valence-corrected chi connectivity index (χ4v) is 2.50. The van der Waals surface area contributed by atoms with E-state index < -0.39 is 0 Å². The second-order valence-electron chi connectivity index (χ2n) is 5.62. The monoisotopic (exact) mass is 250 g/mol. The van der Waals surface area contributed by atoms with Gasteiger partial charge >= 0.3 is 0 Å². The number of anilines is 2. The Hall–Kier alpha value is -1.26. The molecule has 3 N–H and O–H groups in total. The van der Waals surface area contributed by atoms with E-state index in [4.69, 9.17) is 10.5 Å². The molecule has 1 fully saturated rings. The zero-order valence-corrected chi connectivity index (χ0v) is 11.3. The van der Waals surface area contributed by atoms with Gasteiger partial charge < -0.3 is 20.5 Å². The SMILES string of the molecule is Cc1ccc(N)c(N2CC(CO)OC(C)(C)C2)c1. The first kappa shape index (κ1) is 13.2. The third-order valence-corrected chi connectivity index (χ3v) is 3.21. The summed E-state index contributed by atoms with van der Waals surface area (Å²) in [6.45, 7) is 7.61. The topological polar surface area (TPSA) is 58.7 Å². The molecule has 0 aromatic heterocycles. The van der Waals surface area contributed by atoms with Crippen LogP contribution in [0.1, 0.15) is 19.4 Å². The number of aryl methyl sites for hydroxylation is 1. The van der Waals surface area contributed by atoms with Crippen molar-refractivity contribution in [3.63, 3.8) is 0 Å². The van der Waals surface area contributed by atoms with Crippen molar-refractivity contribution in [1.29, 1.82) is 0 Å². The number of nitrogens with two attached hydrogens (primary N) is 1. The highest BCUT2D eigenvalue weighted by molar-refractivity contribution is 5.68. The summed E-state index contributed by atoms with van der Waals surface area (Å²) in [5, 5.41) is 9.33. The summed E-state index contributed by atoms with van der Waals surface area (Å²) in [6, 6.07) is 6.03. The summed E-state index contributed by atoms with van der Waals surface area (Å²) < 4.78 is 5.81. The predicted molar refractivity (Wildman–Crippen MR) is 73.8 cm³/mol. The molecule has 1 atom stereocenters. The lowest BCUT2D eigenvalue weighted by Crippen LogP contribution is -2.54. The average molecular weight is 250 g/mol. The van der Waals surface area contributed by atoms with E-state index >= 15 is 0 Å². The van der Waals surface area contributed by atoms with Crippen molar-refractivity contribution in [2.75, 3.05) is 30.3 Å². The third kappa shape index (κ3) is 2.76. The van der Waals surface area contributed by atoms with Crippen LogP contribution in [-0.2, 0) is 4.74 Å². The van der Waals surface area contributed by atoms with Gasteiger partial charge in [-0.2, -0.15) is 0 Å². The van der Waals surface area contributed by atoms with Gasteiger partial charge in [-0.15, -0.1) is 0 Å². The minimum absolute atomic E-state index is 0.0334. The summed E-state index contributed by atoms with van der Waals surface area (Å²) in [5.41, 5.74) is 8.76. The molecule has 0 bridgehead atoms. The Morgan fingerprint density at radius 1 is 1.50 bits per heavy atom. The van der Waals surface area contributed by atoms with Crippen LogP contribution in [0.4, 0.5) is 11.4 Å². The minimum atomic E-state index is -0.276. The fraction of sp³-hybridized carbons (Fsp3) is 0.571. The number of rotatable bonds is 2. The first-order valence-electron chi connectivity index (χ1n) is 6.31. The lowest BCUT2D eigenvalue weighted by Gasteiger charge is -2.43. The number of nitrogens with zero attached hydrogens (tertiary/aromatic N) is 1. The molecule has 100 valence electrons. The maximum atomic E-state index is 9.33. The van der Waals surface area contributed by atoms with E-state index in [-0.39, 0.29) is 18.3 Å². The summed E-state index contributed by atoms with van der Waals surface area (Å²) in [5.74, 6) is 0. The van der Waals surface area contributed by atoms with Crippen molar-refractivity contribution in [3.05, 3.63) is 23.8 Å². The molecule has 1 aliphatic rings. The van der Waals surface area contributed by atoms with Crippen LogP contribution in [0.2, 0.25) is 0 Å². The molecule has 1 aromatic carbocycles. The number of nitrogen functional groups attached to an aromatic ring is 1. The van der Waals surface area contributed by atoms with Gasteiger partial charge in [0.05, 0.1) is 29.7 Å². The van der Waals surface area contributed by atoms with Gasteiger partial charge in [0.1, 0.15) is 0 Å². The average Bonchev–Trinajstić information content (AvgIpc) is 2.30. The lowest BCUT2D eigenvalue weighted by molar-refractivity contribution is -0.100. The maximum absolute atomic E-state index is 9.33. The molecule has 0 saturated carbocycles. The number of hydrogen-bond donors (Lipinski definition) is 2. The Morgan fingerprint density at radius 2 is 2.22 bits per heavy atom. The van der Waals surface area contributed by atoms with Gasteiger partial charge in [-0.05, 0) is 38.5 Å². The highest BCUT2D eigenvalue weighted by Gasteiger charge is 2.33. The number of ether oxygens (including phenoxy) is 1. The highest BCUT2D eigenvalue weighted by Crippen LogP contribution is 2.30. The van der Waals surface area contributed by atoms with Crippen LogP contribution in [0.5, 0.6) is 0 Å². The summed E-state index contributed by atoms with van der Waals surface area (Å²) in [4.78, 5) is 2.20. The Balaban J connectivity index is 2.29. The zero-order valence-electron chi connectivity index (χ0n) is 11.3. The molecule has 4 nitrogen and oxygen atoms in total. The van der Waals surface area contributed by atoms with E-state index in [1.807, 2.05) is 26.0 Å². The van der Waals surface area contributed by atoms with Crippen LogP contribution in [0, 0.1) is 6.92 Å². The minimum Gasteiger partial charge on any atom is -0.397 e. The summed E-state index contributed by atoms with van der Waals surface area (Å²) in [6.07, 6.45) is -0.159. The second kappa shape index (κ2) is 4.78. The lowest BCUT2D eigenvalue weighted by atomic mass is 10.0. The molecular weight excluding hydrogens is 228 g/mol. The number of aliphatic hydroxyl groups is 1. The van der Waals surface area contributed by atoms with Crippen LogP contribution >= 0.6 is 0 Å². The molecule has 0 radical (unpaired) electrons. The van der Waals surface area contributed by atoms with Crippen molar-refractivity contribution in [2.45, 2.75) is 32.5 Å². The predicted octanol–water partition coefficient (Wildman–Crippen LogP) is 1.55. The molecule has 0 aliphatic carbocycles. The molecule has 1 heterocycles. The number of morpholine rings is 1. The van der Waals surface area contributed by atoms with Crippen LogP contribution in [0.15, 0.2) is 18.2 Å². The standard InChI is InChI=1S/C14H22N2O2/c1-10-4-5-12(15)13(6-10)16-7-11(8-17)18-14(2,3)9-16/h4-6,11,17H,7-9,15H2,1-3H3. The first-order valence-corrected chi connectivity index (χ1v) is 6.31. The largest absolute Gasteiger partial charge is 0.397 e. The summed E-state index contributed by atoms with van der Waals surface area (Å²) in [7, 11) is 0. The van der Waals surface area contributed by atoms with E-state index in [1.54, 1.807) is 0 Å². The van der Waals surface area contributed by atoms with E-state index in [9.17, 15) is 5.11 Å². The van der Waals surface area contributed by atoms with Crippen LogP contribution < -0.4 is 10.6 Å². The molecule has 0 spiro atoms. The molecule has 1 saturated heterocycles. The van der Waals surface area contributed by atoms with E-state index in [2.05, 4.69) is 17.9 Å². The zero-order chi connectivity index (χ0) is 13.3. The van der Waals surface area contributed by atoms with Gasteiger partial charge in [0, 0.05) is 13.1 Å². The van der Waals surface area contributed by atoms with E-state index in [0.717, 1.165) is 17.9 Å². The number of benzene rings is 1. The third-order valence-electron chi connectivity index (χ3n) is 3.21. The quantitative estimate of drug-likeness (QED) is 0.782. The Labute approximate surface area is 108 Å². The van der Waals surface area contributed by atoms with Crippen molar-refractivity contribution in [3.8, 4) is 0 Å². The molecule has 0 amide bonds. The van der Waals surface area contributed by atoms with Crippen molar-refractivity contribution in [2.24, 2.45) is 0 Å². The van der Waals surface area contributed by atoms with Gasteiger partial charge in [-0.3, -0.25) is 0 Å². The second-order valence-corrected chi connectivity index (χ2v) is 5.62. The van der Waals surface area contributed by atoms with Gasteiger partial charge in [0.25, 0.3) is 0 Å². The molecule has 18 heavy (non-hydrogen) atoms. The molecule has 1 aliphatic heterocycles. The molecule has 1 unspecified atom stereocenters. The van der Waals surface area contributed by atoms with Crippen molar-refractivity contribution >= 4 is 11.4 Å².